The van der Waals surface area contributed by atoms with Gasteiger partial charge in [-0.15, -0.1) is 11.3 Å². The smallest absolute Gasteiger partial charge is 0.341 e. The molecule has 2 amide bonds. The molecule has 0 spiro atoms. The highest BCUT2D eigenvalue weighted by molar-refractivity contribution is 7.18. The van der Waals surface area contributed by atoms with Crippen molar-refractivity contribution in [1.29, 1.82) is 0 Å². The van der Waals surface area contributed by atoms with E-state index in [2.05, 4.69) is 19.2 Å². The van der Waals surface area contributed by atoms with Crippen molar-refractivity contribution in [3.8, 4) is 0 Å². The van der Waals surface area contributed by atoms with Crippen LogP contribution in [-0.2, 0) is 9.53 Å². The first kappa shape index (κ1) is 23.1. The molecule has 1 rings (SSSR count). The number of carbonyl (C=O) groups excluding carboxylic acids is 3. The zero-order chi connectivity index (χ0) is 20.7. The normalized spacial score (nSPS) is 12.0. The van der Waals surface area contributed by atoms with Gasteiger partial charge < -0.3 is 15.0 Å². The van der Waals surface area contributed by atoms with Gasteiger partial charge in [0.15, 0.2) is 0 Å². The zero-order valence-electron chi connectivity index (χ0n) is 17.3. The first-order chi connectivity index (χ1) is 12.6. The number of amides is 2. The maximum Gasteiger partial charge on any atom is 0.341 e. The van der Waals surface area contributed by atoms with E-state index in [0.29, 0.717) is 15.4 Å². The topological polar surface area (TPSA) is 79.0 Å². The average molecular weight is 398 g/mol. The minimum Gasteiger partial charge on any atom is -0.462 e. The van der Waals surface area contributed by atoms with Gasteiger partial charge in [0.25, 0.3) is 5.91 Å². The lowest BCUT2D eigenvalue weighted by molar-refractivity contribution is -0.117. The van der Waals surface area contributed by atoms with E-state index in [1.54, 1.807) is 27.9 Å². The van der Waals surface area contributed by atoms with Crippen LogP contribution in [0.2, 0.25) is 0 Å². The number of esters is 1. The number of ether oxygens (including phenoxy) is 1. The number of hydrogen-bond donors (Lipinski definition) is 1. The fraction of sp³-hybridized carbons (Fsp3) is 0.632. The van der Waals surface area contributed by atoms with Crippen LogP contribution in [0.1, 0.15) is 59.2 Å². The lowest BCUT2D eigenvalue weighted by Gasteiger charge is -2.23. The third kappa shape index (κ3) is 6.04. The van der Waals surface area contributed by atoms with Crippen molar-refractivity contribution < 1.29 is 19.1 Å². The van der Waals surface area contributed by atoms with Crippen LogP contribution in [0.5, 0.6) is 0 Å². The number of thiophene rings is 1. The van der Waals surface area contributed by atoms with Gasteiger partial charge >= 0.3 is 5.97 Å². The molecule has 1 atom stereocenters. The molecule has 0 bridgehead atoms. The lowest BCUT2D eigenvalue weighted by Crippen LogP contribution is -2.36. The standard InChI is InChI=1S/C19H31N3O4S/c1-8-10-12(3)22(7)11-14(23)20-17-15(19(25)26-9-2)13(4)16(27-17)18(24)21(5)6/h12H,8-11H2,1-7H3,(H,20,23). The van der Waals surface area contributed by atoms with E-state index in [1.807, 2.05) is 11.9 Å². The second kappa shape index (κ2) is 10.4. The SMILES string of the molecule is CCCC(C)N(C)CC(=O)Nc1sc(C(=O)N(C)C)c(C)c1C(=O)OCC. The third-order valence-electron chi connectivity index (χ3n) is 4.33. The molecule has 1 unspecified atom stereocenters. The van der Waals surface area contributed by atoms with Crippen molar-refractivity contribution in [2.75, 3.05) is 39.6 Å². The molecule has 0 saturated carbocycles. The quantitative estimate of drug-likeness (QED) is 0.648. The molecule has 0 aliphatic carbocycles. The van der Waals surface area contributed by atoms with Crippen LogP contribution in [0.3, 0.4) is 0 Å². The van der Waals surface area contributed by atoms with Gasteiger partial charge in [-0.2, -0.15) is 0 Å². The largest absolute Gasteiger partial charge is 0.462 e. The first-order valence-electron chi connectivity index (χ1n) is 9.16. The number of nitrogens with one attached hydrogen (secondary N) is 1. The van der Waals surface area contributed by atoms with Crippen LogP contribution < -0.4 is 5.32 Å². The van der Waals surface area contributed by atoms with E-state index in [0.717, 1.165) is 24.2 Å². The fourth-order valence-electron chi connectivity index (χ4n) is 2.64. The van der Waals surface area contributed by atoms with Crippen molar-refractivity contribution in [3.05, 3.63) is 16.0 Å². The van der Waals surface area contributed by atoms with Crippen molar-refractivity contribution in [3.63, 3.8) is 0 Å². The average Bonchev–Trinajstić information content (AvgIpc) is 2.90. The summed E-state index contributed by atoms with van der Waals surface area (Å²) in [5.41, 5.74) is 0.782. The van der Waals surface area contributed by atoms with Crippen LogP contribution in [0.25, 0.3) is 0 Å². The Bertz CT molecular complexity index is 685. The summed E-state index contributed by atoms with van der Waals surface area (Å²) in [5.74, 6) is -0.972. The molecular weight excluding hydrogens is 366 g/mol. The lowest BCUT2D eigenvalue weighted by atomic mass is 10.1. The van der Waals surface area contributed by atoms with E-state index in [9.17, 15) is 14.4 Å². The maximum absolute atomic E-state index is 12.5. The van der Waals surface area contributed by atoms with Crippen LogP contribution in [0.15, 0.2) is 0 Å². The van der Waals surface area contributed by atoms with E-state index in [-0.39, 0.29) is 36.6 Å². The first-order valence-corrected chi connectivity index (χ1v) is 9.97. The predicted molar refractivity (Wildman–Crippen MR) is 109 cm³/mol. The second-order valence-electron chi connectivity index (χ2n) is 6.78. The second-order valence-corrected chi connectivity index (χ2v) is 7.80. The molecular formula is C19H31N3O4S. The van der Waals surface area contributed by atoms with Gasteiger partial charge in [0, 0.05) is 20.1 Å². The molecule has 0 fully saturated rings. The van der Waals surface area contributed by atoms with Crippen molar-refractivity contribution in [2.45, 2.75) is 46.6 Å². The Balaban J connectivity index is 3.10. The summed E-state index contributed by atoms with van der Waals surface area (Å²) in [5, 5.41) is 3.16. The molecule has 0 aliphatic heterocycles. The predicted octanol–water partition coefficient (Wildman–Crippen LogP) is 2.99. The van der Waals surface area contributed by atoms with Crippen molar-refractivity contribution >= 4 is 34.1 Å². The monoisotopic (exact) mass is 397 g/mol. The summed E-state index contributed by atoms with van der Waals surface area (Å²) in [6, 6.07) is 0.279. The van der Waals surface area contributed by atoms with Gasteiger partial charge in [0.1, 0.15) is 5.00 Å². The van der Waals surface area contributed by atoms with E-state index in [4.69, 9.17) is 4.74 Å². The number of hydrogen-bond acceptors (Lipinski definition) is 6. The molecule has 1 heterocycles. The van der Waals surface area contributed by atoms with Crippen LogP contribution >= 0.6 is 11.3 Å². The number of likely N-dealkylation sites (N-methyl/N-ethyl adjacent to an activating group) is 1. The minimum atomic E-state index is -0.535. The van der Waals surface area contributed by atoms with Gasteiger partial charge in [0.05, 0.1) is 23.6 Å². The highest BCUT2D eigenvalue weighted by atomic mass is 32.1. The Labute approximate surface area is 165 Å². The van der Waals surface area contributed by atoms with Gasteiger partial charge in [-0.25, -0.2) is 4.79 Å². The summed E-state index contributed by atoms with van der Waals surface area (Å²) >= 11 is 1.11. The van der Waals surface area contributed by atoms with Gasteiger partial charge in [-0.1, -0.05) is 13.3 Å². The van der Waals surface area contributed by atoms with Gasteiger partial charge in [-0.3, -0.25) is 14.5 Å². The van der Waals surface area contributed by atoms with Gasteiger partial charge in [0.2, 0.25) is 5.91 Å². The molecule has 152 valence electrons. The summed E-state index contributed by atoms with van der Waals surface area (Å²) in [7, 11) is 5.19. The molecule has 0 saturated heterocycles. The molecule has 0 radical (unpaired) electrons. The Morgan fingerprint density at radius 1 is 1.19 bits per heavy atom. The molecule has 1 N–H and O–H groups in total. The minimum absolute atomic E-state index is 0.206. The Kier molecular flexibility index (Phi) is 8.92. The summed E-state index contributed by atoms with van der Waals surface area (Å²) < 4.78 is 5.12. The number of anilines is 1. The van der Waals surface area contributed by atoms with E-state index in [1.165, 1.54) is 4.90 Å². The highest BCUT2D eigenvalue weighted by Crippen LogP contribution is 2.34. The van der Waals surface area contributed by atoms with E-state index < -0.39 is 5.97 Å². The Hall–Kier alpha value is -1.93. The third-order valence-corrected chi connectivity index (χ3v) is 5.53. The summed E-state index contributed by atoms with van der Waals surface area (Å²) in [6.07, 6.45) is 2.04. The van der Waals surface area contributed by atoms with Crippen LogP contribution in [-0.4, -0.2) is 67.9 Å². The molecule has 0 aromatic carbocycles. The Morgan fingerprint density at radius 2 is 1.81 bits per heavy atom. The fourth-order valence-corrected chi connectivity index (χ4v) is 3.88. The van der Waals surface area contributed by atoms with Crippen molar-refractivity contribution in [2.24, 2.45) is 0 Å². The maximum atomic E-state index is 12.5. The van der Waals surface area contributed by atoms with Crippen LogP contribution in [0.4, 0.5) is 5.00 Å². The number of carbonyl (C=O) groups is 3. The molecule has 1 aromatic rings. The molecule has 8 heteroatoms. The van der Waals surface area contributed by atoms with Crippen LogP contribution in [0, 0.1) is 6.92 Å². The zero-order valence-corrected chi connectivity index (χ0v) is 18.2. The summed E-state index contributed by atoms with van der Waals surface area (Å²) in [4.78, 5) is 41.1. The molecule has 7 nitrogen and oxygen atoms in total. The molecule has 27 heavy (non-hydrogen) atoms. The number of rotatable bonds is 9. The molecule has 0 aliphatic rings. The Morgan fingerprint density at radius 3 is 2.33 bits per heavy atom. The molecule has 1 aromatic heterocycles. The van der Waals surface area contributed by atoms with E-state index >= 15 is 0 Å². The number of nitrogens with zero attached hydrogens (tertiary/aromatic N) is 2. The van der Waals surface area contributed by atoms with Gasteiger partial charge in [-0.05, 0) is 39.8 Å². The highest BCUT2D eigenvalue weighted by Gasteiger charge is 2.27. The summed E-state index contributed by atoms with van der Waals surface area (Å²) in [6.45, 7) is 8.02. The van der Waals surface area contributed by atoms with Crippen molar-refractivity contribution in [1.82, 2.24) is 9.80 Å².